The summed E-state index contributed by atoms with van der Waals surface area (Å²) in [5.74, 6) is -0.397. The maximum Gasteiger partial charge on any atom is 0.337 e. The summed E-state index contributed by atoms with van der Waals surface area (Å²) in [6, 6.07) is 5.77. The van der Waals surface area contributed by atoms with Gasteiger partial charge in [-0.15, -0.1) is 0 Å². The maximum atomic E-state index is 13.5. The molecule has 0 bridgehead atoms. The average molecular weight is 418 g/mol. The molecule has 154 valence electrons. The third-order valence-corrected chi connectivity index (χ3v) is 5.51. The number of carbonyl (C=O) groups is 1. The van der Waals surface area contributed by atoms with Gasteiger partial charge in [0, 0.05) is 11.4 Å². The van der Waals surface area contributed by atoms with Crippen molar-refractivity contribution in [2.75, 3.05) is 11.1 Å². The first-order valence-corrected chi connectivity index (χ1v) is 10.5. The third kappa shape index (κ3) is 4.53. The van der Waals surface area contributed by atoms with Crippen molar-refractivity contribution in [3.05, 3.63) is 62.8 Å². The molecule has 8 heteroatoms. The molecule has 0 aliphatic carbocycles. The zero-order valence-electron chi connectivity index (χ0n) is 16.8. The summed E-state index contributed by atoms with van der Waals surface area (Å²) < 4.78 is 18.9. The molecule has 0 spiro atoms. The smallest absolute Gasteiger partial charge is 0.337 e. The van der Waals surface area contributed by atoms with E-state index in [0.29, 0.717) is 33.4 Å². The standard InChI is InChI=1S/C21H24FN3O3S/c1-5-10-29-21-24-18-17(19(26)25-21)16(13-6-8-14(22)9-7-13)15(12(4)23-18)20(27)28-11(2)3/h6-9,11,16H,5,10H2,1-4H3,(H2,23,24,25,26)/t16-/m0/s1. The number of allylic oxidation sites excluding steroid dienone is 1. The minimum atomic E-state index is -0.709. The summed E-state index contributed by atoms with van der Waals surface area (Å²) in [4.78, 5) is 33.2. The topological polar surface area (TPSA) is 84.1 Å². The number of nitrogens with zero attached hydrogens (tertiary/aromatic N) is 1. The molecule has 0 amide bonds. The van der Waals surface area contributed by atoms with Crippen LogP contribution in [0.3, 0.4) is 0 Å². The van der Waals surface area contributed by atoms with Crippen LogP contribution in [0.4, 0.5) is 10.2 Å². The lowest BCUT2D eigenvalue weighted by molar-refractivity contribution is -0.143. The van der Waals surface area contributed by atoms with Crippen LogP contribution < -0.4 is 10.9 Å². The van der Waals surface area contributed by atoms with Crippen molar-refractivity contribution in [1.29, 1.82) is 0 Å². The van der Waals surface area contributed by atoms with Crippen LogP contribution in [0.15, 0.2) is 45.5 Å². The Kier molecular flexibility index (Phi) is 6.42. The highest BCUT2D eigenvalue weighted by Crippen LogP contribution is 2.40. The number of H-pyrrole nitrogens is 1. The van der Waals surface area contributed by atoms with Gasteiger partial charge in [-0.3, -0.25) is 4.79 Å². The second-order valence-corrected chi connectivity index (χ2v) is 8.17. The number of ether oxygens (including phenoxy) is 1. The van der Waals surface area contributed by atoms with E-state index in [9.17, 15) is 14.0 Å². The highest BCUT2D eigenvalue weighted by Gasteiger charge is 2.36. The number of benzene rings is 1. The average Bonchev–Trinajstić information content (AvgIpc) is 2.65. The van der Waals surface area contributed by atoms with Crippen LogP contribution in [0.5, 0.6) is 0 Å². The van der Waals surface area contributed by atoms with Crippen LogP contribution >= 0.6 is 11.8 Å². The highest BCUT2D eigenvalue weighted by molar-refractivity contribution is 7.99. The Morgan fingerprint density at radius 3 is 2.62 bits per heavy atom. The fraction of sp³-hybridized carbons (Fsp3) is 0.381. The van der Waals surface area contributed by atoms with Crippen LogP contribution in [-0.4, -0.2) is 27.8 Å². The number of rotatable bonds is 6. The molecule has 1 aliphatic heterocycles. The Bertz CT molecular complexity index is 999. The summed E-state index contributed by atoms with van der Waals surface area (Å²) in [5.41, 5.74) is 1.48. The van der Waals surface area contributed by atoms with Crippen LogP contribution in [-0.2, 0) is 9.53 Å². The molecule has 0 saturated carbocycles. The van der Waals surface area contributed by atoms with E-state index < -0.39 is 17.7 Å². The van der Waals surface area contributed by atoms with Crippen LogP contribution in [0.1, 0.15) is 51.2 Å². The molecule has 1 aliphatic rings. The van der Waals surface area contributed by atoms with Gasteiger partial charge in [-0.25, -0.2) is 14.2 Å². The number of carbonyl (C=O) groups excluding carboxylic acids is 1. The van der Waals surface area contributed by atoms with E-state index >= 15 is 0 Å². The van der Waals surface area contributed by atoms with E-state index in [0.717, 1.165) is 12.2 Å². The number of nitrogens with one attached hydrogen (secondary N) is 2. The third-order valence-electron chi connectivity index (χ3n) is 4.43. The minimum Gasteiger partial charge on any atom is -0.460 e. The first-order valence-electron chi connectivity index (χ1n) is 9.53. The predicted molar refractivity (Wildman–Crippen MR) is 112 cm³/mol. The van der Waals surface area contributed by atoms with Gasteiger partial charge in [-0.2, -0.15) is 0 Å². The quantitative estimate of drug-likeness (QED) is 0.416. The molecule has 1 aromatic heterocycles. The minimum absolute atomic E-state index is 0.317. The second-order valence-electron chi connectivity index (χ2n) is 7.08. The van der Waals surface area contributed by atoms with Crippen molar-refractivity contribution >= 4 is 23.5 Å². The van der Waals surface area contributed by atoms with Gasteiger partial charge in [0.1, 0.15) is 11.6 Å². The maximum absolute atomic E-state index is 13.5. The summed E-state index contributed by atoms with van der Waals surface area (Å²) >= 11 is 1.46. The number of hydrogen-bond donors (Lipinski definition) is 2. The van der Waals surface area contributed by atoms with Crippen molar-refractivity contribution in [2.45, 2.75) is 51.3 Å². The lowest BCUT2D eigenvalue weighted by Crippen LogP contribution is -2.31. The molecule has 3 rings (SSSR count). The number of anilines is 1. The number of esters is 1. The second kappa shape index (κ2) is 8.82. The number of aromatic nitrogens is 2. The van der Waals surface area contributed by atoms with Crippen LogP contribution in [0, 0.1) is 5.82 Å². The fourth-order valence-electron chi connectivity index (χ4n) is 3.23. The Morgan fingerprint density at radius 2 is 2.00 bits per heavy atom. The van der Waals surface area contributed by atoms with E-state index in [2.05, 4.69) is 15.3 Å². The molecule has 2 N–H and O–H groups in total. The molecule has 1 atom stereocenters. The number of aromatic amines is 1. The number of halogens is 1. The van der Waals surface area contributed by atoms with Crippen molar-refractivity contribution in [3.63, 3.8) is 0 Å². The molecule has 0 unspecified atom stereocenters. The number of thioether (sulfide) groups is 1. The monoisotopic (exact) mass is 417 g/mol. The molecule has 29 heavy (non-hydrogen) atoms. The molecular formula is C21H24FN3O3S. The summed E-state index contributed by atoms with van der Waals surface area (Å²) in [7, 11) is 0. The van der Waals surface area contributed by atoms with Crippen LogP contribution in [0.2, 0.25) is 0 Å². The molecule has 1 aromatic carbocycles. The Hall–Kier alpha value is -2.61. The van der Waals surface area contributed by atoms with E-state index in [4.69, 9.17) is 4.74 Å². The lowest BCUT2D eigenvalue weighted by Gasteiger charge is -2.29. The summed E-state index contributed by atoms with van der Waals surface area (Å²) in [5, 5.41) is 3.61. The number of hydrogen-bond acceptors (Lipinski definition) is 6. The van der Waals surface area contributed by atoms with Gasteiger partial charge in [0.15, 0.2) is 5.16 Å². The van der Waals surface area contributed by atoms with Gasteiger partial charge in [0.2, 0.25) is 0 Å². The van der Waals surface area contributed by atoms with Crippen molar-refractivity contribution in [3.8, 4) is 0 Å². The fourth-order valence-corrected chi connectivity index (χ4v) is 3.95. The number of fused-ring (bicyclic) bond motifs is 1. The van der Waals surface area contributed by atoms with Crippen molar-refractivity contribution in [1.82, 2.24) is 9.97 Å². The van der Waals surface area contributed by atoms with Gasteiger partial charge in [-0.05, 0) is 44.9 Å². The molecule has 0 radical (unpaired) electrons. The predicted octanol–water partition coefficient (Wildman–Crippen LogP) is 4.19. The van der Waals surface area contributed by atoms with E-state index in [1.165, 1.54) is 23.9 Å². The normalized spacial score (nSPS) is 15.9. The Balaban J connectivity index is 2.17. The first kappa shape index (κ1) is 21.1. The zero-order chi connectivity index (χ0) is 21.1. The molecule has 2 aromatic rings. The molecule has 0 saturated heterocycles. The highest BCUT2D eigenvalue weighted by atomic mass is 32.2. The Labute approximate surface area is 173 Å². The van der Waals surface area contributed by atoms with Crippen molar-refractivity contribution < 1.29 is 13.9 Å². The Morgan fingerprint density at radius 1 is 1.31 bits per heavy atom. The lowest BCUT2D eigenvalue weighted by atomic mass is 9.82. The van der Waals surface area contributed by atoms with Gasteiger partial charge in [0.25, 0.3) is 5.56 Å². The van der Waals surface area contributed by atoms with Crippen LogP contribution in [0.25, 0.3) is 0 Å². The van der Waals surface area contributed by atoms with E-state index in [1.807, 2.05) is 6.92 Å². The van der Waals surface area contributed by atoms with Gasteiger partial charge < -0.3 is 15.0 Å². The van der Waals surface area contributed by atoms with E-state index in [1.54, 1.807) is 32.9 Å². The summed E-state index contributed by atoms with van der Waals surface area (Å²) in [6.07, 6.45) is 0.628. The SMILES string of the molecule is CCCSc1nc2c(c(=O)[nH]1)[C@@H](c1ccc(F)cc1)C(C(=O)OC(C)C)=C(C)N2. The molecule has 6 nitrogen and oxygen atoms in total. The summed E-state index contributed by atoms with van der Waals surface area (Å²) in [6.45, 7) is 7.32. The van der Waals surface area contributed by atoms with Gasteiger partial charge >= 0.3 is 5.97 Å². The van der Waals surface area contributed by atoms with Crippen molar-refractivity contribution in [2.24, 2.45) is 0 Å². The molecular weight excluding hydrogens is 393 g/mol. The molecule has 2 heterocycles. The molecule has 0 fully saturated rings. The van der Waals surface area contributed by atoms with Gasteiger partial charge in [-0.1, -0.05) is 30.8 Å². The first-order chi connectivity index (χ1) is 13.8. The zero-order valence-corrected chi connectivity index (χ0v) is 17.7. The largest absolute Gasteiger partial charge is 0.460 e. The van der Waals surface area contributed by atoms with Gasteiger partial charge in [0.05, 0.1) is 23.2 Å². The van der Waals surface area contributed by atoms with E-state index in [-0.39, 0.29) is 11.7 Å².